The molecular weight excluding hydrogens is 268 g/mol. The van der Waals surface area contributed by atoms with Crippen molar-refractivity contribution in [1.82, 2.24) is 5.32 Å². The van der Waals surface area contributed by atoms with Crippen LogP contribution in [-0.2, 0) is 11.3 Å². The van der Waals surface area contributed by atoms with Crippen LogP contribution in [0.1, 0.15) is 19.1 Å². The molecule has 21 heavy (non-hydrogen) atoms. The van der Waals surface area contributed by atoms with Crippen molar-refractivity contribution in [1.29, 1.82) is 0 Å². The average molecular weight is 288 g/mol. The average Bonchev–Trinajstić information content (AvgIpc) is 2.99. The SMILES string of the molecule is CCOc1ccccc1NC(=O)CCNCc1ccco1. The lowest BCUT2D eigenvalue weighted by Gasteiger charge is -2.11. The molecule has 5 nitrogen and oxygen atoms in total. The molecule has 0 unspecified atom stereocenters. The molecule has 0 radical (unpaired) electrons. The first-order valence-electron chi connectivity index (χ1n) is 7.04. The highest BCUT2D eigenvalue weighted by Gasteiger charge is 2.07. The van der Waals surface area contributed by atoms with Crippen molar-refractivity contribution in [2.75, 3.05) is 18.5 Å². The summed E-state index contributed by atoms with van der Waals surface area (Å²) in [7, 11) is 0. The van der Waals surface area contributed by atoms with Crippen molar-refractivity contribution in [3.63, 3.8) is 0 Å². The zero-order valence-corrected chi connectivity index (χ0v) is 12.1. The fraction of sp³-hybridized carbons (Fsp3) is 0.312. The highest BCUT2D eigenvalue weighted by Crippen LogP contribution is 2.23. The molecule has 5 heteroatoms. The second-order valence-corrected chi connectivity index (χ2v) is 4.48. The van der Waals surface area contributed by atoms with Crippen LogP contribution in [0, 0.1) is 0 Å². The summed E-state index contributed by atoms with van der Waals surface area (Å²) in [5.41, 5.74) is 0.704. The van der Waals surface area contributed by atoms with E-state index in [0.29, 0.717) is 37.6 Å². The van der Waals surface area contributed by atoms with E-state index >= 15 is 0 Å². The summed E-state index contributed by atoms with van der Waals surface area (Å²) in [5, 5.41) is 6.02. The van der Waals surface area contributed by atoms with Gasteiger partial charge in [0.1, 0.15) is 11.5 Å². The summed E-state index contributed by atoms with van der Waals surface area (Å²) in [6.07, 6.45) is 2.02. The van der Waals surface area contributed by atoms with Crippen LogP contribution >= 0.6 is 0 Å². The van der Waals surface area contributed by atoms with Gasteiger partial charge in [-0.05, 0) is 31.2 Å². The number of nitrogens with one attached hydrogen (secondary N) is 2. The molecule has 0 atom stereocenters. The Hall–Kier alpha value is -2.27. The van der Waals surface area contributed by atoms with Crippen LogP contribution in [0.3, 0.4) is 0 Å². The molecule has 0 fully saturated rings. The van der Waals surface area contributed by atoms with Gasteiger partial charge in [0.05, 0.1) is 25.1 Å². The van der Waals surface area contributed by atoms with Gasteiger partial charge in [0, 0.05) is 13.0 Å². The summed E-state index contributed by atoms with van der Waals surface area (Å²) >= 11 is 0. The van der Waals surface area contributed by atoms with E-state index in [1.54, 1.807) is 6.26 Å². The van der Waals surface area contributed by atoms with Gasteiger partial charge in [-0.1, -0.05) is 12.1 Å². The fourth-order valence-corrected chi connectivity index (χ4v) is 1.89. The monoisotopic (exact) mass is 288 g/mol. The Kier molecular flexibility index (Phi) is 5.84. The molecule has 112 valence electrons. The van der Waals surface area contributed by atoms with Gasteiger partial charge in [0.2, 0.25) is 5.91 Å². The number of hydrogen-bond acceptors (Lipinski definition) is 4. The maximum atomic E-state index is 11.9. The van der Waals surface area contributed by atoms with E-state index in [9.17, 15) is 4.79 Å². The fourth-order valence-electron chi connectivity index (χ4n) is 1.89. The summed E-state index contributed by atoms with van der Waals surface area (Å²) < 4.78 is 10.7. The van der Waals surface area contributed by atoms with E-state index < -0.39 is 0 Å². The lowest BCUT2D eigenvalue weighted by atomic mass is 10.2. The molecule has 0 saturated heterocycles. The first-order chi connectivity index (χ1) is 10.3. The van der Waals surface area contributed by atoms with E-state index in [-0.39, 0.29) is 5.91 Å². The summed E-state index contributed by atoms with van der Waals surface area (Å²) in [6, 6.07) is 11.2. The normalized spacial score (nSPS) is 10.3. The molecule has 2 rings (SSSR count). The number of ether oxygens (including phenoxy) is 1. The molecule has 0 spiro atoms. The van der Waals surface area contributed by atoms with Crippen molar-refractivity contribution >= 4 is 11.6 Å². The third-order valence-electron chi connectivity index (χ3n) is 2.87. The number of furan rings is 1. The molecule has 2 aromatic rings. The van der Waals surface area contributed by atoms with Crippen LogP contribution < -0.4 is 15.4 Å². The second-order valence-electron chi connectivity index (χ2n) is 4.48. The quantitative estimate of drug-likeness (QED) is 0.733. The van der Waals surface area contributed by atoms with Gasteiger partial charge in [-0.3, -0.25) is 4.79 Å². The van der Waals surface area contributed by atoms with Crippen LogP contribution in [0.2, 0.25) is 0 Å². The minimum Gasteiger partial charge on any atom is -0.492 e. The molecular formula is C16H20N2O3. The van der Waals surface area contributed by atoms with Gasteiger partial charge in [-0.15, -0.1) is 0 Å². The second kappa shape index (κ2) is 8.11. The number of amides is 1. The lowest BCUT2D eigenvalue weighted by molar-refractivity contribution is -0.116. The standard InChI is InChI=1S/C16H20N2O3/c1-2-20-15-8-4-3-7-14(15)18-16(19)9-10-17-12-13-6-5-11-21-13/h3-8,11,17H,2,9-10,12H2,1H3,(H,18,19). The van der Waals surface area contributed by atoms with Crippen LogP contribution in [-0.4, -0.2) is 19.1 Å². The number of carbonyl (C=O) groups excluding carboxylic acids is 1. The van der Waals surface area contributed by atoms with Gasteiger partial charge >= 0.3 is 0 Å². The summed E-state index contributed by atoms with van der Waals surface area (Å²) in [6.45, 7) is 3.69. The molecule has 1 aromatic heterocycles. The molecule has 1 heterocycles. The number of rotatable bonds is 8. The van der Waals surface area contributed by atoms with Gasteiger partial charge in [0.25, 0.3) is 0 Å². The van der Waals surface area contributed by atoms with Crippen LogP contribution in [0.5, 0.6) is 5.75 Å². The first-order valence-corrected chi connectivity index (χ1v) is 7.04. The maximum Gasteiger partial charge on any atom is 0.225 e. The zero-order chi connectivity index (χ0) is 14.9. The van der Waals surface area contributed by atoms with E-state index in [4.69, 9.17) is 9.15 Å². The number of para-hydroxylation sites is 2. The minimum atomic E-state index is -0.0471. The van der Waals surface area contributed by atoms with Gasteiger partial charge < -0.3 is 19.8 Å². The Morgan fingerprint density at radius 1 is 1.24 bits per heavy atom. The highest BCUT2D eigenvalue weighted by molar-refractivity contribution is 5.92. The van der Waals surface area contributed by atoms with E-state index in [1.165, 1.54) is 0 Å². The molecule has 1 amide bonds. The molecule has 0 saturated carbocycles. The molecule has 0 aliphatic heterocycles. The largest absolute Gasteiger partial charge is 0.492 e. The van der Waals surface area contributed by atoms with E-state index in [1.807, 2.05) is 43.3 Å². The number of carbonyl (C=O) groups is 1. The topological polar surface area (TPSA) is 63.5 Å². The van der Waals surface area contributed by atoms with Crippen molar-refractivity contribution in [3.8, 4) is 5.75 Å². The Bertz CT molecular complexity index is 552. The Morgan fingerprint density at radius 3 is 2.86 bits per heavy atom. The number of hydrogen-bond donors (Lipinski definition) is 2. The van der Waals surface area contributed by atoms with E-state index in [2.05, 4.69) is 10.6 Å². The smallest absolute Gasteiger partial charge is 0.225 e. The van der Waals surface area contributed by atoms with Crippen LogP contribution in [0.4, 0.5) is 5.69 Å². The molecule has 1 aromatic carbocycles. The third kappa shape index (κ3) is 4.96. The Balaban J connectivity index is 1.74. The molecule has 0 aliphatic rings. The third-order valence-corrected chi connectivity index (χ3v) is 2.87. The Morgan fingerprint density at radius 2 is 2.10 bits per heavy atom. The minimum absolute atomic E-state index is 0.0471. The van der Waals surface area contributed by atoms with Gasteiger partial charge in [-0.2, -0.15) is 0 Å². The predicted molar refractivity (Wildman–Crippen MR) is 81.3 cm³/mol. The number of benzene rings is 1. The summed E-state index contributed by atoms with van der Waals surface area (Å²) in [5.74, 6) is 1.50. The zero-order valence-electron chi connectivity index (χ0n) is 12.1. The van der Waals surface area contributed by atoms with Crippen molar-refractivity contribution < 1.29 is 13.9 Å². The van der Waals surface area contributed by atoms with E-state index in [0.717, 1.165) is 5.76 Å². The van der Waals surface area contributed by atoms with Crippen molar-refractivity contribution in [2.24, 2.45) is 0 Å². The maximum absolute atomic E-state index is 11.9. The van der Waals surface area contributed by atoms with Gasteiger partial charge in [-0.25, -0.2) is 0 Å². The van der Waals surface area contributed by atoms with Crippen molar-refractivity contribution in [2.45, 2.75) is 19.9 Å². The predicted octanol–water partition coefficient (Wildman–Crippen LogP) is 2.80. The van der Waals surface area contributed by atoms with Gasteiger partial charge in [0.15, 0.2) is 0 Å². The molecule has 2 N–H and O–H groups in total. The molecule has 0 aliphatic carbocycles. The molecule has 0 bridgehead atoms. The first kappa shape index (κ1) is 15.1. The lowest BCUT2D eigenvalue weighted by Crippen LogP contribution is -2.21. The van der Waals surface area contributed by atoms with Crippen molar-refractivity contribution in [3.05, 3.63) is 48.4 Å². The van der Waals surface area contributed by atoms with Crippen LogP contribution in [0.25, 0.3) is 0 Å². The highest BCUT2D eigenvalue weighted by atomic mass is 16.5. The summed E-state index contributed by atoms with van der Waals surface area (Å²) in [4.78, 5) is 11.9. The van der Waals surface area contributed by atoms with Crippen LogP contribution in [0.15, 0.2) is 47.1 Å². The number of anilines is 1. The Labute approximate surface area is 124 Å².